The molecule has 1 saturated heterocycles. The number of hydrogen-bond acceptors (Lipinski definition) is 4. The maximum Gasteiger partial charge on any atom is 0.224 e. The fourth-order valence-corrected chi connectivity index (χ4v) is 4.08. The minimum atomic E-state index is -3.24. The molecule has 1 amide bonds. The number of methoxy groups -OCH3 is 1. The Morgan fingerprint density at radius 3 is 2.62 bits per heavy atom. The summed E-state index contributed by atoms with van der Waals surface area (Å²) < 4.78 is 30.6. The number of carbonyl (C=O) groups is 1. The van der Waals surface area contributed by atoms with Crippen molar-refractivity contribution >= 4 is 15.9 Å². The maximum absolute atomic E-state index is 12.5. The van der Waals surface area contributed by atoms with Crippen molar-refractivity contribution in [1.29, 1.82) is 0 Å². The third-order valence-corrected chi connectivity index (χ3v) is 6.34. The average Bonchev–Trinajstić information content (AvgIpc) is 2.61. The largest absolute Gasteiger partial charge is 0.497 e. The molecule has 1 aliphatic rings. The smallest absolute Gasteiger partial charge is 0.224 e. The van der Waals surface area contributed by atoms with E-state index in [0.29, 0.717) is 13.0 Å². The van der Waals surface area contributed by atoms with Crippen LogP contribution >= 0.6 is 0 Å². The first-order valence-electron chi connectivity index (χ1n) is 8.29. The Morgan fingerprint density at radius 1 is 1.38 bits per heavy atom. The van der Waals surface area contributed by atoms with E-state index in [-0.39, 0.29) is 30.2 Å². The fraction of sp³-hybridized carbons (Fsp3) is 0.588. The molecule has 2 atom stereocenters. The Morgan fingerprint density at radius 2 is 2.04 bits per heavy atom. The number of sulfonamides is 1. The molecule has 0 aromatic heterocycles. The van der Waals surface area contributed by atoms with Crippen LogP contribution in [-0.2, 0) is 14.8 Å². The summed E-state index contributed by atoms with van der Waals surface area (Å²) in [5, 5.41) is 2.99. The van der Waals surface area contributed by atoms with Crippen molar-refractivity contribution in [2.45, 2.75) is 32.7 Å². The van der Waals surface area contributed by atoms with E-state index in [4.69, 9.17) is 4.74 Å². The minimum absolute atomic E-state index is 0.0730. The first-order chi connectivity index (χ1) is 11.4. The highest BCUT2D eigenvalue weighted by atomic mass is 32.2. The zero-order valence-electron chi connectivity index (χ0n) is 14.5. The summed E-state index contributed by atoms with van der Waals surface area (Å²) in [6.07, 6.45) is 1.44. The van der Waals surface area contributed by atoms with E-state index < -0.39 is 10.0 Å². The Balaban J connectivity index is 1.98. The van der Waals surface area contributed by atoms with Crippen LogP contribution in [0.1, 0.15) is 38.3 Å². The molecule has 1 aromatic carbocycles. The number of benzene rings is 1. The maximum atomic E-state index is 12.5. The van der Waals surface area contributed by atoms with Crippen LogP contribution in [-0.4, -0.2) is 44.6 Å². The summed E-state index contributed by atoms with van der Waals surface area (Å²) in [6.45, 7) is 4.33. The van der Waals surface area contributed by atoms with Gasteiger partial charge in [-0.25, -0.2) is 12.7 Å². The van der Waals surface area contributed by atoms with Gasteiger partial charge in [0.15, 0.2) is 0 Å². The zero-order valence-corrected chi connectivity index (χ0v) is 15.3. The van der Waals surface area contributed by atoms with Crippen LogP contribution in [0.15, 0.2) is 24.3 Å². The highest BCUT2D eigenvalue weighted by Crippen LogP contribution is 2.22. The van der Waals surface area contributed by atoms with Crippen molar-refractivity contribution in [3.63, 3.8) is 0 Å². The summed E-state index contributed by atoms with van der Waals surface area (Å²) in [6, 6.07) is 7.40. The van der Waals surface area contributed by atoms with E-state index in [0.717, 1.165) is 17.7 Å². The minimum Gasteiger partial charge on any atom is -0.497 e. The summed E-state index contributed by atoms with van der Waals surface area (Å²) in [5.41, 5.74) is 0.984. The van der Waals surface area contributed by atoms with Gasteiger partial charge in [0.25, 0.3) is 0 Å². The molecule has 2 rings (SSSR count). The second-order valence-corrected chi connectivity index (χ2v) is 8.36. The lowest BCUT2D eigenvalue weighted by Crippen LogP contribution is -2.46. The van der Waals surface area contributed by atoms with Crippen molar-refractivity contribution < 1.29 is 17.9 Å². The van der Waals surface area contributed by atoms with Gasteiger partial charge in [-0.2, -0.15) is 0 Å². The van der Waals surface area contributed by atoms with Crippen LogP contribution in [0.2, 0.25) is 0 Å². The van der Waals surface area contributed by atoms with Crippen LogP contribution < -0.4 is 10.1 Å². The van der Waals surface area contributed by atoms with E-state index in [2.05, 4.69) is 5.32 Å². The van der Waals surface area contributed by atoms with Gasteiger partial charge in [0, 0.05) is 13.1 Å². The van der Waals surface area contributed by atoms with Gasteiger partial charge in [0.1, 0.15) is 5.75 Å². The first-order valence-corrected chi connectivity index (χ1v) is 9.90. The van der Waals surface area contributed by atoms with Crippen molar-refractivity contribution in [1.82, 2.24) is 9.62 Å². The predicted molar refractivity (Wildman–Crippen MR) is 93.3 cm³/mol. The third kappa shape index (κ3) is 4.48. The molecule has 1 fully saturated rings. The molecule has 24 heavy (non-hydrogen) atoms. The van der Waals surface area contributed by atoms with Crippen molar-refractivity contribution in [2.75, 3.05) is 26.0 Å². The van der Waals surface area contributed by atoms with Crippen LogP contribution in [0.4, 0.5) is 0 Å². The molecule has 0 spiro atoms. The van der Waals surface area contributed by atoms with E-state index in [1.54, 1.807) is 14.0 Å². The van der Waals surface area contributed by atoms with E-state index in [1.165, 1.54) is 4.31 Å². The molecule has 0 saturated carbocycles. The molecule has 0 bridgehead atoms. The zero-order chi connectivity index (χ0) is 17.7. The van der Waals surface area contributed by atoms with Crippen molar-refractivity contribution in [3.05, 3.63) is 29.8 Å². The van der Waals surface area contributed by atoms with Gasteiger partial charge in [-0.1, -0.05) is 12.1 Å². The lowest BCUT2D eigenvalue weighted by molar-refractivity contribution is -0.126. The summed E-state index contributed by atoms with van der Waals surface area (Å²) in [5.74, 6) is 0.462. The molecule has 0 radical (unpaired) electrons. The average molecular weight is 354 g/mol. The number of hydrogen-bond donors (Lipinski definition) is 1. The second kappa shape index (κ2) is 7.98. The highest BCUT2D eigenvalue weighted by molar-refractivity contribution is 7.89. The van der Waals surface area contributed by atoms with Crippen LogP contribution in [0.25, 0.3) is 0 Å². The normalized spacial score (nSPS) is 20.4. The quantitative estimate of drug-likeness (QED) is 0.847. The topological polar surface area (TPSA) is 75.7 Å². The Hall–Kier alpha value is -1.60. The molecule has 1 aliphatic heterocycles. The van der Waals surface area contributed by atoms with Crippen molar-refractivity contribution in [2.24, 2.45) is 5.92 Å². The SMILES string of the molecule is CCS(=O)(=O)N1CCC[C@H](C(=O)N[C@H](C)c2ccc(OC)cc2)C1. The van der Waals surface area contributed by atoms with E-state index in [1.807, 2.05) is 31.2 Å². The van der Waals surface area contributed by atoms with Gasteiger partial charge in [0.2, 0.25) is 15.9 Å². The number of nitrogens with zero attached hydrogens (tertiary/aromatic N) is 1. The van der Waals surface area contributed by atoms with E-state index in [9.17, 15) is 13.2 Å². The number of piperidine rings is 1. The molecule has 0 aliphatic carbocycles. The molecule has 0 unspecified atom stereocenters. The molecule has 6 nitrogen and oxygen atoms in total. The Labute approximate surface area is 144 Å². The Kier molecular flexibility index (Phi) is 6.23. The fourth-order valence-electron chi connectivity index (χ4n) is 2.90. The molecular formula is C17H26N2O4S. The monoisotopic (exact) mass is 354 g/mol. The number of carbonyl (C=O) groups excluding carboxylic acids is 1. The number of nitrogens with one attached hydrogen (secondary N) is 1. The summed E-state index contributed by atoms with van der Waals surface area (Å²) >= 11 is 0. The van der Waals surface area contributed by atoms with Gasteiger partial charge in [-0.15, -0.1) is 0 Å². The number of ether oxygens (including phenoxy) is 1. The van der Waals surface area contributed by atoms with Crippen LogP contribution in [0, 0.1) is 5.92 Å². The molecule has 1 aromatic rings. The summed E-state index contributed by atoms with van der Waals surface area (Å²) in [7, 11) is -1.63. The number of rotatable bonds is 6. The van der Waals surface area contributed by atoms with Crippen LogP contribution in [0.5, 0.6) is 5.75 Å². The lowest BCUT2D eigenvalue weighted by Gasteiger charge is -2.31. The van der Waals surface area contributed by atoms with Crippen molar-refractivity contribution in [3.8, 4) is 5.75 Å². The van der Waals surface area contributed by atoms with E-state index >= 15 is 0 Å². The van der Waals surface area contributed by atoms with Crippen LogP contribution in [0.3, 0.4) is 0 Å². The van der Waals surface area contributed by atoms with Gasteiger partial charge in [-0.3, -0.25) is 4.79 Å². The molecule has 1 heterocycles. The second-order valence-electron chi connectivity index (χ2n) is 6.10. The predicted octanol–water partition coefficient (Wildman–Crippen LogP) is 1.93. The lowest BCUT2D eigenvalue weighted by atomic mass is 9.98. The molecule has 7 heteroatoms. The van der Waals surface area contributed by atoms with Gasteiger partial charge >= 0.3 is 0 Å². The molecular weight excluding hydrogens is 328 g/mol. The Bertz CT molecular complexity index is 658. The third-order valence-electron chi connectivity index (χ3n) is 4.49. The van der Waals surface area contributed by atoms with Gasteiger partial charge in [0.05, 0.1) is 24.8 Å². The number of amides is 1. The summed E-state index contributed by atoms with van der Waals surface area (Å²) in [4.78, 5) is 12.5. The molecule has 134 valence electrons. The first kappa shape index (κ1) is 18.7. The van der Waals surface area contributed by atoms with Gasteiger partial charge < -0.3 is 10.1 Å². The molecule has 1 N–H and O–H groups in total. The highest BCUT2D eigenvalue weighted by Gasteiger charge is 2.31. The van der Waals surface area contributed by atoms with Gasteiger partial charge in [-0.05, 0) is 44.4 Å². The standard InChI is InChI=1S/C17H26N2O4S/c1-4-24(21,22)19-11-5-6-15(12-19)17(20)18-13(2)14-7-9-16(23-3)10-8-14/h7-10,13,15H,4-6,11-12H2,1-3H3,(H,18,20)/t13-,15+/m1/s1.